The largest absolute Gasteiger partial charge is 0.391 e. The molecule has 0 aliphatic rings. The number of rotatable bonds is 5. The molecule has 0 unspecified atom stereocenters. The number of hydrogen-bond acceptors (Lipinski definition) is 3. The van der Waals surface area contributed by atoms with Gasteiger partial charge >= 0.3 is 0 Å². The predicted molar refractivity (Wildman–Crippen MR) is 87.2 cm³/mol. The third-order valence-electron chi connectivity index (χ3n) is 2.88. The normalized spacial score (nSPS) is 10.7. The number of carbonyl (C=O) groups is 1. The van der Waals surface area contributed by atoms with Crippen LogP contribution in [0.15, 0.2) is 52.1 Å². The van der Waals surface area contributed by atoms with E-state index in [1.807, 2.05) is 25.1 Å². The van der Waals surface area contributed by atoms with E-state index in [1.54, 1.807) is 18.2 Å². The molecular formula is C16H14BrFN2O2. The number of nitrogens with one attached hydrogen (secondary N) is 1. The molecule has 0 aliphatic carbocycles. The lowest BCUT2D eigenvalue weighted by molar-refractivity contribution is -0.110. The minimum atomic E-state index is -0.412. The maximum absolute atomic E-state index is 13.5. The van der Waals surface area contributed by atoms with Crippen LogP contribution < -0.4 is 5.32 Å². The zero-order valence-electron chi connectivity index (χ0n) is 11.8. The van der Waals surface area contributed by atoms with Crippen molar-refractivity contribution in [2.75, 3.05) is 5.32 Å². The van der Waals surface area contributed by atoms with Crippen LogP contribution in [0.4, 0.5) is 10.1 Å². The van der Waals surface area contributed by atoms with Crippen LogP contribution in [-0.4, -0.2) is 12.1 Å². The average molecular weight is 365 g/mol. The van der Waals surface area contributed by atoms with E-state index in [0.29, 0.717) is 15.7 Å². The van der Waals surface area contributed by atoms with E-state index >= 15 is 0 Å². The van der Waals surface area contributed by atoms with Crippen LogP contribution in [0.25, 0.3) is 0 Å². The van der Waals surface area contributed by atoms with Crippen LogP contribution in [0.1, 0.15) is 11.1 Å². The summed E-state index contributed by atoms with van der Waals surface area (Å²) < 4.78 is 14.2. The molecule has 2 aromatic rings. The molecule has 0 fully saturated rings. The molecular weight excluding hydrogens is 351 g/mol. The maximum Gasteiger partial charge on any atom is 0.270 e. The van der Waals surface area contributed by atoms with Crippen LogP contribution in [0.2, 0.25) is 0 Å². The number of oxime groups is 1. The van der Waals surface area contributed by atoms with Gasteiger partial charge in [0.25, 0.3) is 5.91 Å². The van der Waals surface area contributed by atoms with Crippen molar-refractivity contribution >= 4 is 33.7 Å². The third-order valence-corrected chi connectivity index (χ3v) is 3.38. The number of halogens is 2. The number of anilines is 1. The molecule has 0 radical (unpaired) electrons. The zero-order valence-corrected chi connectivity index (χ0v) is 13.4. The summed E-state index contributed by atoms with van der Waals surface area (Å²) in [6.45, 7) is 1.84. The van der Waals surface area contributed by atoms with Gasteiger partial charge < -0.3 is 10.2 Å². The van der Waals surface area contributed by atoms with Crippen LogP contribution >= 0.6 is 15.9 Å². The highest BCUT2D eigenvalue weighted by atomic mass is 79.9. The molecule has 0 saturated heterocycles. The number of para-hydroxylation sites is 1. The summed E-state index contributed by atoms with van der Waals surface area (Å²) in [4.78, 5) is 16.6. The molecule has 2 aromatic carbocycles. The zero-order chi connectivity index (χ0) is 15.9. The highest BCUT2D eigenvalue weighted by Gasteiger charge is 2.04. The van der Waals surface area contributed by atoms with E-state index in [9.17, 15) is 9.18 Å². The van der Waals surface area contributed by atoms with Crippen molar-refractivity contribution in [2.45, 2.75) is 13.5 Å². The molecule has 0 aliphatic heterocycles. The Balaban J connectivity index is 1.85. The minimum Gasteiger partial charge on any atom is -0.391 e. The number of benzene rings is 2. The molecule has 1 amide bonds. The quantitative estimate of drug-likeness (QED) is 0.642. The van der Waals surface area contributed by atoms with Crippen molar-refractivity contribution in [2.24, 2.45) is 5.16 Å². The third kappa shape index (κ3) is 4.66. The standard InChI is InChI=1S/C16H14BrFN2O2/c1-11-4-2-3-5-15(11)20-16(21)9-19-22-10-12-6-7-13(17)8-14(12)18/h2-9H,10H2,1H3,(H,20,21). The Hall–Kier alpha value is -2.21. The van der Waals surface area contributed by atoms with Crippen molar-refractivity contribution in [1.82, 2.24) is 0 Å². The first-order valence-corrected chi connectivity index (χ1v) is 7.31. The van der Waals surface area contributed by atoms with Crippen molar-refractivity contribution in [3.05, 3.63) is 63.9 Å². The SMILES string of the molecule is Cc1ccccc1NC(=O)C=NOCc1ccc(Br)cc1F. The number of amides is 1. The monoisotopic (exact) mass is 364 g/mol. The number of carbonyl (C=O) groups excluding carboxylic acids is 1. The molecule has 1 N–H and O–H groups in total. The van der Waals surface area contributed by atoms with E-state index in [0.717, 1.165) is 11.8 Å². The fourth-order valence-corrected chi connectivity index (χ4v) is 2.04. The smallest absolute Gasteiger partial charge is 0.270 e. The fourth-order valence-electron chi connectivity index (χ4n) is 1.71. The number of hydrogen-bond donors (Lipinski definition) is 1. The molecule has 0 saturated carbocycles. The van der Waals surface area contributed by atoms with E-state index in [-0.39, 0.29) is 6.61 Å². The number of aryl methyl sites for hydroxylation is 1. The first-order chi connectivity index (χ1) is 10.6. The highest BCUT2D eigenvalue weighted by Crippen LogP contribution is 2.16. The molecule has 0 aromatic heterocycles. The van der Waals surface area contributed by atoms with Gasteiger partial charge in [-0.2, -0.15) is 0 Å². The molecule has 0 bridgehead atoms. The summed E-state index contributed by atoms with van der Waals surface area (Å²) >= 11 is 3.17. The Bertz CT molecular complexity index is 704. The highest BCUT2D eigenvalue weighted by molar-refractivity contribution is 9.10. The summed E-state index contributed by atoms with van der Waals surface area (Å²) in [5, 5.41) is 6.22. The summed E-state index contributed by atoms with van der Waals surface area (Å²) in [5.41, 5.74) is 2.01. The minimum absolute atomic E-state index is 0.0484. The lowest BCUT2D eigenvalue weighted by Gasteiger charge is -2.05. The summed E-state index contributed by atoms with van der Waals surface area (Å²) in [6.07, 6.45) is 1.02. The second-order valence-corrected chi connectivity index (χ2v) is 5.46. The van der Waals surface area contributed by atoms with Gasteiger partial charge in [0.1, 0.15) is 18.6 Å². The second kappa shape index (κ2) is 7.70. The predicted octanol–water partition coefficient (Wildman–Crippen LogP) is 4.04. The van der Waals surface area contributed by atoms with Gasteiger partial charge in [-0.1, -0.05) is 45.4 Å². The van der Waals surface area contributed by atoms with Crippen molar-refractivity contribution in [1.29, 1.82) is 0 Å². The molecule has 0 atom stereocenters. The molecule has 2 rings (SSSR count). The molecule has 22 heavy (non-hydrogen) atoms. The fraction of sp³-hybridized carbons (Fsp3) is 0.125. The Morgan fingerprint density at radius 3 is 2.86 bits per heavy atom. The summed E-state index contributed by atoms with van der Waals surface area (Å²) in [7, 11) is 0. The topological polar surface area (TPSA) is 50.7 Å². The molecule has 0 spiro atoms. The Labute approximate surface area is 136 Å². The molecule has 114 valence electrons. The van der Waals surface area contributed by atoms with Crippen LogP contribution in [0, 0.1) is 12.7 Å². The van der Waals surface area contributed by atoms with E-state index in [4.69, 9.17) is 4.84 Å². The average Bonchev–Trinajstić information content (AvgIpc) is 2.48. The molecule has 0 heterocycles. The van der Waals surface area contributed by atoms with Crippen LogP contribution in [0.3, 0.4) is 0 Å². The van der Waals surface area contributed by atoms with Crippen molar-refractivity contribution in [3.63, 3.8) is 0 Å². The Morgan fingerprint density at radius 2 is 2.14 bits per heavy atom. The van der Waals surface area contributed by atoms with Gasteiger partial charge in [-0.15, -0.1) is 0 Å². The van der Waals surface area contributed by atoms with Gasteiger partial charge in [0.2, 0.25) is 0 Å². The van der Waals surface area contributed by atoms with E-state index < -0.39 is 11.7 Å². The van der Waals surface area contributed by atoms with E-state index in [1.165, 1.54) is 6.07 Å². The van der Waals surface area contributed by atoms with Crippen molar-refractivity contribution < 1.29 is 14.0 Å². The lowest BCUT2D eigenvalue weighted by atomic mass is 10.2. The van der Waals surface area contributed by atoms with Crippen molar-refractivity contribution in [3.8, 4) is 0 Å². The Kier molecular flexibility index (Phi) is 5.66. The van der Waals surface area contributed by atoms with E-state index in [2.05, 4.69) is 26.4 Å². The Morgan fingerprint density at radius 1 is 1.36 bits per heavy atom. The lowest BCUT2D eigenvalue weighted by Crippen LogP contribution is -2.13. The van der Waals surface area contributed by atoms with Crippen LogP contribution in [-0.2, 0) is 16.2 Å². The van der Waals surface area contributed by atoms with Gasteiger partial charge in [-0.3, -0.25) is 4.79 Å². The maximum atomic E-state index is 13.5. The first kappa shape index (κ1) is 16.2. The van der Waals surface area contributed by atoms with Gasteiger partial charge in [-0.25, -0.2) is 4.39 Å². The number of nitrogens with zero attached hydrogens (tertiary/aromatic N) is 1. The summed E-state index contributed by atoms with van der Waals surface area (Å²) in [5.74, 6) is -0.806. The molecule has 4 nitrogen and oxygen atoms in total. The van der Waals surface area contributed by atoms with Crippen LogP contribution in [0.5, 0.6) is 0 Å². The summed E-state index contributed by atoms with van der Waals surface area (Å²) in [6, 6.07) is 12.0. The second-order valence-electron chi connectivity index (χ2n) is 4.55. The van der Waals surface area contributed by atoms with Gasteiger partial charge in [-0.05, 0) is 30.7 Å². The van der Waals surface area contributed by atoms with Gasteiger partial charge in [0, 0.05) is 15.7 Å². The van der Waals surface area contributed by atoms with Gasteiger partial charge in [0.15, 0.2) is 0 Å². The molecule has 6 heteroatoms. The van der Waals surface area contributed by atoms with Gasteiger partial charge in [0.05, 0.1) is 0 Å². The first-order valence-electron chi connectivity index (χ1n) is 6.52.